The Kier molecular flexibility index (Phi) is 47.8. The first-order valence-electron chi connectivity index (χ1n) is 16.3. The van der Waals surface area contributed by atoms with Crippen LogP contribution in [0.5, 0.6) is 0 Å². The minimum atomic E-state index is -1.11. The van der Waals surface area contributed by atoms with Gasteiger partial charge in [-0.15, -0.1) is 0 Å². The zero-order valence-corrected chi connectivity index (χ0v) is 29.6. The Morgan fingerprint density at radius 1 is 0.317 bits per heavy atom. The van der Waals surface area contributed by atoms with Crippen LogP contribution < -0.4 is 0 Å². The van der Waals surface area contributed by atoms with Crippen LogP contribution >= 0.6 is 0 Å². The molecular formula is C32H72O8Ti. The monoisotopic (exact) mass is 632 g/mol. The molecule has 0 fully saturated rings. The normalized spacial score (nSPS) is 13.8. The first kappa shape index (κ1) is 51.0. The zero-order chi connectivity index (χ0) is 31.9. The van der Waals surface area contributed by atoms with Gasteiger partial charge in [-0.3, -0.25) is 0 Å². The third kappa shape index (κ3) is 36.5. The van der Waals surface area contributed by atoms with Crippen LogP contribution in [-0.2, 0) is 21.7 Å². The predicted octanol–water partition coefficient (Wildman–Crippen LogP) is 6.05. The van der Waals surface area contributed by atoms with Gasteiger partial charge >= 0.3 is 0 Å². The first-order valence-corrected chi connectivity index (χ1v) is 16.3. The summed E-state index contributed by atoms with van der Waals surface area (Å²) in [6.07, 6.45) is 11.6. The fourth-order valence-corrected chi connectivity index (χ4v) is 4.12. The Morgan fingerprint density at radius 3 is 0.537 bits per heavy atom. The molecule has 0 aromatic heterocycles. The molecule has 0 aliphatic heterocycles. The number of rotatable bonds is 20. The molecule has 0 heterocycles. The average molecular weight is 633 g/mol. The van der Waals surface area contributed by atoms with Gasteiger partial charge in [0.2, 0.25) is 0 Å². The van der Waals surface area contributed by atoms with Crippen LogP contribution in [-0.4, -0.2) is 66.0 Å². The maximum absolute atomic E-state index is 8.79. The molecule has 8 N–H and O–H groups in total. The van der Waals surface area contributed by atoms with Gasteiger partial charge in [0.05, 0.1) is 0 Å². The van der Waals surface area contributed by atoms with E-state index in [-0.39, 0.29) is 45.4 Å². The fourth-order valence-electron chi connectivity index (χ4n) is 4.12. The summed E-state index contributed by atoms with van der Waals surface area (Å²) in [6.45, 7) is 16.4. The topological polar surface area (TPSA) is 162 Å². The van der Waals surface area contributed by atoms with Gasteiger partial charge in [0, 0.05) is 45.4 Å². The van der Waals surface area contributed by atoms with Crippen molar-refractivity contribution in [2.24, 2.45) is 23.7 Å². The molecule has 41 heavy (non-hydrogen) atoms. The van der Waals surface area contributed by atoms with E-state index >= 15 is 0 Å². The van der Waals surface area contributed by atoms with E-state index in [2.05, 4.69) is 27.7 Å². The molecule has 0 amide bonds. The molecule has 0 spiro atoms. The second-order valence-electron chi connectivity index (χ2n) is 10.9. The van der Waals surface area contributed by atoms with Gasteiger partial charge in [-0.05, 0) is 51.4 Å². The van der Waals surface area contributed by atoms with Gasteiger partial charge in [0.1, 0.15) is 0 Å². The van der Waals surface area contributed by atoms with E-state index in [9.17, 15) is 0 Å². The molecule has 4 atom stereocenters. The Bertz CT molecular complexity index is 373. The van der Waals surface area contributed by atoms with Crippen molar-refractivity contribution in [1.82, 2.24) is 0 Å². The predicted molar refractivity (Wildman–Crippen MR) is 166 cm³/mol. The summed E-state index contributed by atoms with van der Waals surface area (Å²) in [6, 6.07) is 0. The Balaban J connectivity index is -0.000000139. The summed E-state index contributed by atoms with van der Waals surface area (Å²) in [5, 5.41) is 70.4. The van der Waals surface area contributed by atoms with E-state index < -0.39 is 25.2 Å². The second-order valence-corrected chi connectivity index (χ2v) is 10.9. The van der Waals surface area contributed by atoms with Gasteiger partial charge in [-0.1, -0.05) is 107 Å². The van der Waals surface area contributed by atoms with Crippen LogP contribution in [0.2, 0.25) is 0 Å². The number of hydrogen-bond donors (Lipinski definition) is 8. The molecule has 4 unspecified atom stereocenters. The van der Waals surface area contributed by atoms with Crippen LogP contribution in [0.15, 0.2) is 0 Å². The van der Waals surface area contributed by atoms with Crippen molar-refractivity contribution in [1.29, 1.82) is 0 Å². The summed E-state index contributed by atoms with van der Waals surface area (Å²) in [4.78, 5) is 0. The Morgan fingerprint density at radius 2 is 0.463 bits per heavy atom. The molecule has 9 heteroatoms. The molecule has 0 aromatic rings. The largest absolute Gasteiger partial charge is 0.368 e. The van der Waals surface area contributed by atoms with Crippen molar-refractivity contribution < 1.29 is 62.6 Å². The molecule has 0 saturated heterocycles. The summed E-state index contributed by atoms with van der Waals surface area (Å²) >= 11 is 0. The van der Waals surface area contributed by atoms with E-state index in [0.29, 0.717) is 0 Å². The molecule has 0 aromatic carbocycles. The Hall–Kier alpha value is 0.394. The first-order chi connectivity index (χ1) is 18.9. The maximum Gasteiger partial charge on any atom is 0.154 e. The smallest absolute Gasteiger partial charge is 0.154 e. The van der Waals surface area contributed by atoms with Gasteiger partial charge in [0.15, 0.2) is 25.2 Å². The quantitative estimate of drug-likeness (QED) is 0.0594. The number of aliphatic hydroxyl groups excluding tert-OH is 4. The molecule has 0 saturated carbocycles. The van der Waals surface area contributed by atoms with Crippen molar-refractivity contribution in [2.45, 2.75) is 183 Å². The molecule has 0 aliphatic carbocycles. The number of hydrogen-bond acceptors (Lipinski definition) is 8. The summed E-state index contributed by atoms with van der Waals surface area (Å²) in [7, 11) is 0. The molecule has 8 nitrogen and oxygen atoms in total. The van der Waals surface area contributed by atoms with E-state index in [1.807, 2.05) is 27.7 Å². The Labute approximate surface area is 268 Å². The van der Waals surface area contributed by atoms with Crippen LogP contribution in [0.1, 0.15) is 158 Å². The van der Waals surface area contributed by atoms with Crippen molar-refractivity contribution in [2.75, 3.05) is 0 Å². The van der Waals surface area contributed by atoms with Gasteiger partial charge in [0.25, 0.3) is 0 Å². The average Bonchev–Trinajstić information content (AvgIpc) is 2.91. The molecule has 0 radical (unpaired) electrons. The molecule has 252 valence electrons. The van der Waals surface area contributed by atoms with Gasteiger partial charge in [-0.2, -0.15) is 0 Å². The molecule has 0 aliphatic rings. The molecular weight excluding hydrogens is 560 g/mol. The van der Waals surface area contributed by atoms with Crippen molar-refractivity contribution in [3.05, 3.63) is 0 Å². The summed E-state index contributed by atoms with van der Waals surface area (Å²) in [5.41, 5.74) is 0. The van der Waals surface area contributed by atoms with Crippen LogP contribution in [0, 0.1) is 23.7 Å². The number of aliphatic hydroxyl groups is 8. The van der Waals surface area contributed by atoms with Gasteiger partial charge in [-0.25, -0.2) is 0 Å². The summed E-state index contributed by atoms with van der Waals surface area (Å²) in [5.74, 6) is 0.333. The van der Waals surface area contributed by atoms with Crippen LogP contribution in [0.4, 0.5) is 0 Å². The van der Waals surface area contributed by atoms with Crippen molar-refractivity contribution in [3.8, 4) is 0 Å². The van der Waals surface area contributed by atoms with E-state index in [4.69, 9.17) is 40.9 Å². The minimum Gasteiger partial charge on any atom is -0.368 e. The van der Waals surface area contributed by atoms with Crippen LogP contribution in [0.25, 0.3) is 0 Å². The molecule has 0 bridgehead atoms. The van der Waals surface area contributed by atoms with E-state index in [0.717, 1.165) is 103 Å². The third-order valence-corrected chi connectivity index (χ3v) is 7.50. The van der Waals surface area contributed by atoms with E-state index in [1.165, 1.54) is 0 Å². The maximum atomic E-state index is 8.79. The molecule has 0 rings (SSSR count). The fraction of sp³-hybridized carbons (Fsp3) is 1.00. The van der Waals surface area contributed by atoms with Gasteiger partial charge < -0.3 is 40.9 Å². The summed E-state index contributed by atoms with van der Waals surface area (Å²) < 4.78 is 0. The third-order valence-electron chi connectivity index (χ3n) is 7.50. The van der Waals surface area contributed by atoms with Crippen molar-refractivity contribution >= 4 is 0 Å². The second kappa shape index (κ2) is 38.4. The standard InChI is InChI=1S/4C8H18O2.Ti/c4*1-3-5-6-7(4-2)8(9)10;/h4*7-10H,3-6H2,1-2H3;. The zero-order valence-electron chi connectivity index (χ0n) is 28.0. The van der Waals surface area contributed by atoms with Crippen LogP contribution in [0.3, 0.4) is 0 Å². The van der Waals surface area contributed by atoms with Crippen molar-refractivity contribution in [3.63, 3.8) is 0 Å². The SMILES string of the molecule is CCCCC(CC)C(O)O.CCCCC(CC)C(O)O.CCCCC(CC)C(O)O.CCCCC(CC)C(O)O.[Ti]. The minimum absolute atomic E-state index is 0. The number of unbranched alkanes of at least 4 members (excludes halogenated alkanes) is 4. The van der Waals surface area contributed by atoms with E-state index in [1.54, 1.807) is 0 Å².